The summed E-state index contributed by atoms with van der Waals surface area (Å²) >= 11 is 7.16. The van der Waals surface area contributed by atoms with Crippen LogP contribution in [0.2, 0.25) is 5.02 Å². The molecular weight excluding hydrogens is 310 g/mol. The van der Waals surface area contributed by atoms with Gasteiger partial charge in [-0.05, 0) is 24.1 Å². The molecule has 7 heteroatoms. The minimum Gasteiger partial charge on any atom is -0.369 e. The van der Waals surface area contributed by atoms with Crippen LogP contribution < -0.4 is 11.1 Å². The third-order valence-corrected chi connectivity index (χ3v) is 3.72. The number of aryl methyl sites for hydroxylation is 1. The molecule has 0 aliphatic rings. The van der Waals surface area contributed by atoms with Gasteiger partial charge in [0.05, 0.1) is 12.1 Å². The lowest BCUT2D eigenvalue weighted by Crippen LogP contribution is -2.14. The summed E-state index contributed by atoms with van der Waals surface area (Å²) in [5.41, 5.74) is 6.66. The molecule has 110 valence electrons. The number of benzene rings is 1. The van der Waals surface area contributed by atoms with Gasteiger partial charge in [0.15, 0.2) is 5.13 Å². The summed E-state index contributed by atoms with van der Waals surface area (Å²) in [6, 6.07) is 7.41. The molecule has 0 unspecified atom stereocenters. The van der Waals surface area contributed by atoms with Gasteiger partial charge in [0.1, 0.15) is 0 Å². The highest BCUT2D eigenvalue weighted by atomic mass is 35.5. The largest absolute Gasteiger partial charge is 0.369 e. The number of halogens is 1. The van der Waals surface area contributed by atoms with Crippen LogP contribution in [-0.4, -0.2) is 16.8 Å². The van der Waals surface area contributed by atoms with Crippen LogP contribution in [0.1, 0.15) is 17.7 Å². The van der Waals surface area contributed by atoms with Gasteiger partial charge in [0.25, 0.3) is 0 Å². The first-order valence-corrected chi connectivity index (χ1v) is 7.55. The molecule has 0 atom stereocenters. The zero-order chi connectivity index (χ0) is 15.2. The summed E-state index contributed by atoms with van der Waals surface area (Å²) in [5.74, 6) is -0.575. The molecule has 0 radical (unpaired) electrons. The van der Waals surface area contributed by atoms with Crippen LogP contribution in [0.15, 0.2) is 29.6 Å². The van der Waals surface area contributed by atoms with Gasteiger partial charge in [-0.25, -0.2) is 4.98 Å². The predicted octanol–water partition coefficient (Wildman–Crippen LogP) is 2.40. The van der Waals surface area contributed by atoms with E-state index in [0.717, 1.165) is 5.56 Å². The first-order valence-electron chi connectivity index (χ1n) is 6.30. The smallest absolute Gasteiger partial charge is 0.226 e. The number of thiazole rings is 1. The minimum atomic E-state index is -0.445. The van der Waals surface area contributed by atoms with Crippen molar-refractivity contribution in [2.24, 2.45) is 5.73 Å². The molecule has 1 aromatic carbocycles. The summed E-state index contributed by atoms with van der Waals surface area (Å²) in [7, 11) is 0. The van der Waals surface area contributed by atoms with E-state index >= 15 is 0 Å². The van der Waals surface area contributed by atoms with Crippen LogP contribution in [0.5, 0.6) is 0 Å². The Kier molecular flexibility index (Phi) is 5.30. The second-order valence-electron chi connectivity index (χ2n) is 4.47. The second-order valence-corrected chi connectivity index (χ2v) is 5.76. The highest BCUT2D eigenvalue weighted by Gasteiger charge is 2.08. The van der Waals surface area contributed by atoms with Crippen molar-refractivity contribution in [1.29, 1.82) is 0 Å². The molecule has 0 aliphatic heterocycles. The van der Waals surface area contributed by atoms with Crippen LogP contribution in [0.4, 0.5) is 5.13 Å². The monoisotopic (exact) mass is 323 g/mol. The number of primary amides is 1. The first kappa shape index (κ1) is 15.5. The number of hydrogen-bond donors (Lipinski definition) is 2. The molecule has 2 rings (SSSR count). The van der Waals surface area contributed by atoms with Gasteiger partial charge >= 0.3 is 0 Å². The van der Waals surface area contributed by atoms with E-state index in [-0.39, 0.29) is 12.3 Å². The fourth-order valence-electron chi connectivity index (χ4n) is 1.76. The number of anilines is 1. The summed E-state index contributed by atoms with van der Waals surface area (Å²) in [6.07, 6.45) is 1.02. The molecule has 1 heterocycles. The highest BCUT2D eigenvalue weighted by molar-refractivity contribution is 7.13. The maximum absolute atomic E-state index is 11.8. The van der Waals surface area contributed by atoms with Crippen LogP contribution in [-0.2, 0) is 22.4 Å². The number of nitrogens with one attached hydrogen (secondary N) is 1. The van der Waals surface area contributed by atoms with Gasteiger partial charge in [-0.1, -0.05) is 23.7 Å². The Labute approximate surface area is 131 Å². The van der Waals surface area contributed by atoms with E-state index in [0.29, 0.717) is 28.7 Å². The summed E-state index contributed by atoms with van der Waals surface area (Å²) in [4.78, 5) is 26.7. The summed E-state index contributed by atoms with van der Waals surface area (Å²) in [5, 5.41) is 5.54. The minimum absolute atomic E-state index is 0.0783. The third-order valence-electron chi connectivity index (χ3n) is 2.68. The van der Waals surface area contributed by atoms with Gasteiger partial charge in [-0.15, -0.1) is 11.3 Å². The quantitative estimate of drug-likeness (QED) is 0.856. The lowest BCUT2D eigenvalue weighted by atomic mass is 10.1. The van der Waals surface area contributed by atoms with E-state index in [1.54, 1.807) is 11.4 Å². The van der Waals surface area contributed by atoms with Crippen molar-refractivity contribution >= 4 is 39.9 Å². The van der Waals surface area contributed by atoms with Crippen molar-refractivity contribution in [3.8, 4) is 0 Å². The summed E-state index contributed by atoms with van der Waals surface area (Å²) < 4.78 is 0. The van der Waals surface area contributed by atoms with E-state index in [1.165, 1.54) is 11.3 Å². The number of amides is 2. The second kappa shape index (κ2) is 7.19. The normalized spacial score (nSPS) is 10.3. The van der Waals surface area contributed by atoms with Crippen LogP contribution >= 0.6 is 22.9 Å². The molecule has 0 saturated carbocycles. The molecule has 0 aliphatic carbocycles. The SMILES string of the molecule is NC(=O)Cc1csc(NC(=O)CCc2cccc(Cl)c2)n1. The summed E-state index contributed by atoms with van der Waals surface area (Å²) in [6.45, 7) is 0. The molecule has 2 amide bonds. The van der Waals surface area contributed by atoms with Gasteiger partial charge < -0.3 is 11.1 Å². The van der Waals surface area contributed by atoms with E-state index < -0.39 is 5.91 Å². The molecule has 21 heavy (non-hydrogen) atoms. The zero-order valence-electron chi connectivity index (χ0n) is 11.1. The average molecular weight is 324 g/mol. The average Bonchev–Trinajstić information content (AvgIpc) is 2.83. The molecule has 0 fully saturated rings. The Bertz CT molecular complexity index is 657. The molecule has 0 saturated heterocycles. The molecule has 1 aromatic heterocycles. The maximum Gasteiger partial charge on any atom is 0.226 e. The van der Waals surface area contributed by atoms with Crippen molar-refractivity contribution in [2.45, 2.75) is 19.3 Å². The predicted molar refractivity (Wildman–Crippen MR) is 83.4 cm³/mol. The van der Waals surface area contributed by atoms with Gasteiger partial charge in [-0.2, -0.15) is 0 Å². The topological polar surface area (TPSA) is 85.1 Å². The van der Waals surface area contributed by atoms with Crippen molar-refractivity contribution in [2.75, 3.05) is 5.32 Å². The molecular formula is C14H14ClN3O2S. The van der Waals surface area contributed by atoms with Crippen LogP contribution in [0, 0.1) is 0 Å². The van der Waals surface area contributed by atoms with Crippen LogP contribution in [0.3, 0.4) is 0 Å². The zero-order valence-corrected chi connectivity index (χ0v) is 12.7. The number of hydrogen-bond acceptors (Lipinski definition) is 4. The van der Waals surface area contributed by atoms with E-state index in [1.807, 2.05) is 18.2 Å². The fourth-order valence-corrected chi connectivity index (χ4v) is 2.70. The number of nitrogens with two attached hydrogens (primary N) is 1. The maximum atomic E-state index is 11.8. The van der Waals surface area contributed by atoms with Crippen LogP contribution in [0.25, 0.3) is 0 Å². The number of rotatable bonds is 6. The Balaban J connectivity index is 1.84. The standard InChI is InChI=1S/C14H14ClN3O2S/c15-10-3-1-2-9(6-10)4-5-13(20)18-14-17-11(8-21-14)7-12(16)19/h1-3,6,8H,4-5,7H2,(H2,16,19)(H,17,18,20). The Hall–Kier alpha value is -1.92. The Morgan fingerprint density at radius 3 is 2.90 bits per heavy atom. The van der Waals surface area contributed by atoms with Gasteiger partial charge in [0.2, 0.25) is 11.8 Å². The van der Waals surface area contributed by atoms with E-state index in [2.05, 4.69) is 10.3 Å². The highest BCUT2D eigenvalue weighted by Crippen LogP contribution is 2.17. The molecule has 3 N–H and O–H groups in total. The number of carbonyl (C=O) groups excluding carboxylic acids is 2. The molecule has 0 bridgehead atoms. The molecule has 0 spiro atoms. The fraction of sp³-hybridized carbons (Fsp3) is 0.214. The van der Waals surface area contributed by atoms with Crippen molar-refractivity contribution in [1.82, 2.24) is 4.98 Å². The van der Waals surface area contributed by atoms with E-state index in [4.69, 9.17) is 17.3 Å². The molecule has 5 nitrogen and oxygen atoms in total. The van der Waals surface area contributed by atoms with Gasteiger partial charge in [0, 0.05) is 16.8 Å². The Morgan fingerprint density at radius 2 is 2.19 bits per heavy atom. The third kappa shape index (κ3) is 5.17. The molecule has 2 aromatic rings. The van der Waals surface area contributed by atoms with Crippen molar-refractivity contribution in [3.63, 3.8) is 0 Å². The number of carbonyl (C=O) groups is 2. The van der Waals surface area contributed by atoms with Gasteiger partial charge in [-0.3, -0.25) is 9.59 Å². The van der Waals surface area contributed by atoms with Crippen molar-refractivity contribution < 1.29 is 9.59 Å². The lowest BCUT2D eigenvalue weighted by molar-refractivity contribution is -0.117. The Morgan fingerprint density at radius 1 is 1.38 bits per heavy atom. The number of nitrogens with zero attached hydrogens (tertiary/aromatic N) is 1. The number of aromatic nitrogens is 1. The van der Waals surface area contributed by atoms with E-state index in [9.17, 15) is 9.59 Å². The lowest BCUT2D eigenvalue weighted by Gasteiger charge is -2.02. The first-order chi connectivity index (χ1) is 10.0. The van der Waals surface area contributed by atoms with Crippen molar-refractivity contribution in [3.05, 3.63) is 45.9 Å².